The maximum Gasteiger partial charge on any atom is 0.257 e. The third kappa shape index (κ3) is 2.19. The summed E-state index contributed by atoms with van der Waals surface area (Å²) in [5.41, 5.74) is 0.237. The molecule has 0 bridgehead atoms. The Morgan fingerprint density at radius 1 is 1.53 bits per heavy atom. The third-order valence-corrected chi connectivity index (χ3v) is 2.94. The number of methoxy groups -OCH3 is 1. The standard InChI is InChI=1S/C12H15NO4/c1-17-9-2-3-11(15)10(4-9)12(16)13-5-8(6-13)7-14/h2-4,8,14-15H,5-7H2,1H3. The van der Waals surface area contributed by atoms with Crippen LogP contribution in [0.5, 0.6) is 11.5 Å². The van der Waals surface area contributed by atoms with Crippen molar-refractivity contribution in [3.8, 4) is 11.5 Å². The van der Waals surface area contributed by atoms with E-state index < -0.39 is 0 Å². The lowest BCUT2D eigenvalue weighted by Crippen LogP contribution is -2.51. The molecule has 0 unspecified atom stereocenters. The number of benzene rings is 1. The summed E-state index contributed by atoms with van der Waals surface area (Å²) >= 11 is 0. The summed E-state index contributed by atoms with van der Waals surface area (Å²) in [6.45, 7) is 1.16. The molecule has 0 aromatic heterocycles. The topological polar surface area (TPSA) is 70.0 Å². The summed E-state index contributed by atoms with van der Waals surface area (Å²) in [4.78, 5) is 13.6. The van der Waals surface area contributed by atoms with Crippen LogP contribution < -0.4 is 4.74 Å². The van der Waals surface area contributed by atoms with Gasteiger partial charge in [0.25, 0.3) is 5.91 Å². The van der Waals surface area contributed by atoms with E-state index in [9.17, 15) is 9.90 Å². The highest BCUT2D eigenvalue weighted by Gasteiger charge is 2.31. The van der Waals surface area contributed by atoms with Crippen molar-refractivity contribution in [2.24, 2.45) is 5.92 Å². The highest BCUT2D eigenvalue weighted by atomic mass is 16.5. The maximum atomic E-state index is 12.0. The first-order valence-electron chi connectivity index (χ1n) is 5.43. The predicted molar refractivity (Wildman–Crippen MR) is 61.1 cm³/mol. The second-order valence-corrected chi connectivity index (χ2v) is 4.14. The molecule has 5 heteroatoms. The lowest BCUT2D eigenvalue weighted by molar-refractivity contribution is 0.0359. The van der Waals surface area contributed by atoms with Gasteiger partial charge >= 0.3 is 0 Å². The van der Waals surface area contributed by atoms with Crippen molar-refractivity contribution in [2.45, 2.75) is 0 Å². The number of likely N-dealkylation sites (tertiary alicyclic amines) is 1. The van der Waals surface area contributed by atoms with Crippen molar-refractivity contribution in [2.75, 3.05) is 26.8 Å². The Morgan fingerprint density at radius 3 is 2.82 bits per heavy atom. The van der Waals surface area contributed by atoms with E-state index in [2.05, 4.69) is 0 Å². The first-order chi connectivity index (χ1) is 8.15. The smallest absolute Gasteiger partial charge is 0.257 e. The van der Waals surface area contributed by atoms with Crippen LogP contribution in [0.25, 0.3) is 0 Å². The van der Waals surface area contributed by atoms with Crippen molar-refractivity contribution in [1.29, 1.82) is 0 Å². The SMILES string of the molecule is COc1ccc(O)c(C(=O)N2CC(CO)C2)c1. The largest absolute Gasteiger partial charge is 0.507 e. The van der Waals surface area contributed by atoms with E-state index in [4.69, 9.17) is 9.84 Å². The summed E-state index contributed by atoms with van der Waals surface area (Å²) in [5, 5.41) is 18.5. The summed E-state index contributed by atoms with van der Waals surface area (Å²) in [6.07, 6.45) is 0. The zero-order chi connectivity index (χ0) is 12.4. The van der Waals surface area contributed by atoms with Gasteiger partial charge in [0, 0.05) is 25.6 Å². The van der Waals surface area contributed by atoms with Gasteiger partial charge in [0.1, 0.15) is 11.5 Å². The fourth-order valence-electron chi connectivity index (χ4n) is 1.83. The van der Waals surface area contributed by atoms with Crippen LogP contribution in [0.1, 0.15) is 10.4 Å². The van der Waals surface area contributed by atoms with Gasteiger partial charge in [-0.3, -0.25) is 4.79 Å². The number of carbonyl (C=O) groups excluding carboxylic acids is 1. The van der Waals surface area contributed by atoms with Crippen LogP contribution in [0, 0.1) is 5.92 Å². The first-order valence-corrected chi connectivity index (χ1v) is 5.43. The molecule has 2 rings (SSSR count). The molecule has 1 aromatic rings. The predicted octanol–water partition coefficient (Wildman–Crippen LogP) is 0.465. The first kappa shape index (κ1) is 11.7. The number of phenolic OH excluding ortho intramolecular Hbond substituents is 1. The molecule has 1 amide bonds. The number of hydrogen-bond donors (Lipinski definition) is 2. The van der Waals surface area contributed by atoms with Gasteiger partial charge in [0.05, 0.1) is 12.7 Å². The number of hydrogen-bond acceptors (Lipinski definition) is 4. The second kappa shape index (κ2) is 4.63. The quantitative estimate of drug-likeness (QED) is 0.801. The number of aliphatic hydroxyl groups excluding tert-OH is 1. The van der Waals surface area contributed by atoms with E-state index in [0.717, 1.165) is 0 Å². The Morgan fingerprint density at radius 2 is 2.24 bits per heavy atom. The fourth-order valence-corrected chi connectivity index (χ4v) is 1.83. The van der Waals surface area contributed by atoms with E-state index in [0.29, 0.717) is 18.8 Å². The molecule has 2 N–H and O–H groups in total. The summed E-state index contributed by atoms with van der Waals surface area (Å²) in [5.74, 6) is 0.409. The number of amides is 1. The van der Waals surface area contributed by atoms with Crippen LogP contribution in [0.3, 0.4) is 0 Å². The monoisotopic (exact) mass is 237 g/mol. The molecule has 5 nitrogen and oxygen atoms in total. The molecular weight excluding hydrogens is 222 g/mol. The Kier molecular flexibility index (Phi) is 3.19. The fraction of sp³-hybridized carbons (Fsp3) is 0.417. The van der Waals surface area contributed by atoms with Gasteiger partial charge in [0.15, 0.2) is 0 Å². The van der Waals surface area contributed by atoms with Crippen LogP contribution in [-0.4, -0.2) is 47.8 Å². The number of aromatic hydroxyl groups is 1. The number of aliphatic hydroxyl groups is 1. The van der Waals surface area contributed by atoms with Crippen LogP contribution in [0.15, 0.2) is 18.2 Å². The van der Waals surface area contributed by atoms with Gasteiger partial charge < -0.3 is 19.8 Å². The highest BCUT2D eigenvalue weighted by molar-refractivity contribution is 5.97. The van der Waals surface area contributed by atoms with Crippen LogP contribution in [0.2, 0.25) is 0 Å². The van der Waals surface area contributed by atoms with E-state index >= 15 is 0 Å². The molecule has 1 fully saturated rings. The van der Waals surface area contributed by atoms with Crippen LogP contribution in [-0.2, 0) is 0 Å². The molecule has 1 heterocycles. The lowest BCUT2D eigenvalue weighted by Gasteiger charge is -2.38. The maximum absolute atomic E-state index is 12.0. The van der Waals surface area contributed by atoms with Gasteiger partial charge in [-0.25, -0.2) is 0 Å². The number of nitrogens with zero attached hydrogens (tertiary/aromatic N) is 1. The Hall–Kier alpha value is -1.75. The van der Waals surface area contributed by atoms with Crippen molar-refractivity contribution in [3.63, 3.8) is 0 Å². The van der Waals surface area contributed by atoms with Crippen LogP contribution >= 0.6 is 0 Å². The number of carbonyl (C=O) groups is 1. The normalized spacial score (nSPS) is 15.5. The average Bonchev–Trinajstić information content (AvgIpc) is 2.28. The Balaban J connectivity index is 2.14. The Bertz CT molecular complexity index is 427. The van der Waals surface area contributed by atoms with Crippen molar-refractivity contribution in [1.82, 2.24) is 4.90 Å². The van der Waals surface area contributed by atoms with Gasteiger partial charge in [-0.05, 0) is 18.2 Å². The van der Waals surface area contributed by atoms with Crippen LogP contribution in [0.4, 0.5) is 0 Å². The molecule has 17 heavy (non-hydrogen) atoms. The zero-order valence-electron chi connectivity index (χ0n) is 9.59. The Labute approximate surface area is 99.2 Å². The number of rotatable bonds is 3. The average molecular weight is 237 g/mol. The van der Waals surface area contributed by atoms with Crippen molar-refractivity contribution in [3.05, 3.63) is 23.8 Å². The minimum absolute atomic E-state index is 0.0525. The second-order valence-electron chi connectivity index (χ2n) is 4.14. The molecular formula is C12H15NO4. The minimum Gasteiger partial charge on any atom is -0.507 e. The molecule has 1 saturated heterocycles. The van der Waals surface area contributed by atoms with E-state index in [1.807, 2.05) is 0 Å². The van der Waals surface area contributed by atoms with E-state index in [-0.39, 0.29) is 29.7 Å². The molecule has 0 aliphatic carbocycles. The molecule has 0 saturated carbocycles. The zero-order valence-corrected chi connectivity index (χ0v) is 9.59. The number of phenols is 1. The van der Waals surface area contributed by atoms with Gasteiger partial charge in [-0.15, -0.1) is 0 Å². The molecule has 1 aliphatic rings. The minimum atomic E-state index is -0.230. The lowest BCUT2D eigenvalue weighted by atomic mass is 9.99. The molecule has 0 radical (unpaired) electrons. The van der Waals surface area contributed by atoms with Gasteiger partial charge in [0.2, 0.25) is 0 Å². The highest BCUT2D eigenvalue weighted by Crippen LogP contribution is 2.26. The van der Waals surface area contributed by atoms with Crippen molar-refractivity contribution >= 4 is 5.91 Å². The summed E-state index contributed by atoms with van der Waals surface area (Å²) < 4.78 is 5.01. The van der Waals surface area contributed by atoms with Crippen molar-refractivity contribution < 1.29 is 19.7 Å². The van der Waals surface area contributed by atoms with E-state index in [1.54, 1.807) is 11.0 Å². The van der Waals surface area contributed by atoms with E-state index in [1.165, 1.54) is 19.2 Å². The third-order valence-electron chi connectivity index (χ3n) is 2.94. The molecule has 1 aromatic carbocycles. The van der Waals surface area contributed by atoms with Gasteiger partial charge in [-0.1, -0.05) is 0 Å². The molecule has 92 valence electrons. The molecule has 0 atom stereocenters. The number of ether oxygens (including phenoxy) is 1. The van der Waals surface area contributed by atoms with Gasteiger partial charge in [-0.2, -0.15) is 0 Å². The summed E-state index contributed by atoms with van der Waals surface area (Å²) in [6, 6.07) is 4.55. The summed E-state index contributed by atoms with van der Waals surface area (Å²) in [7, 11) is 1.51. The molecule has 1 aliphatic heterocycles. The molecule has 0 spiro atoms.